The maximum absolute atomic E-state index is 12.0. The Bertz CT molecular complexity index is 237. The van der Waals surface area contributed by atoms with Crippen molar-refractivity contribution in [3.05, 3.63) is 0 Å². The van der Waals surface area contributed by atoms with Crippen LogP contribution in [-0.4, -0.2) is 63.0 Å². The fraction of sp³-hybridized carbons (Fsp3) is 0.929. The van der Waals surface area contributed by atoms with Crippen molar-refractivity contribution in [3.8, 4) is 0 Å². The molecule has 1 unspecified atom stereocenters. The van der Waals surface area contributed by atoms with E-state index in [4.69, 9.17) is 0 Å². The van der Waals surface area contributed by atoms with E-state index in [1.807, 2.05) is 11.9 Å². The van der Waals surface area contributed by atoms with E-state index in [1.165, 1.54) is 12.8 Å². The smallest absolute Gasteiger partial charge is 0.222 e. The van der Waals surface area contributed by atoms with Crippen LogP contribution >= 0.6 is 0 Å². The average molecular weight is 255 g/mol. The molecule has 4 nitrogen and oxygen atoms in total. The van der Waals surface area contributed by atoms with Gasteiger partial charge in [0.15, 0.2) is 0 Å². The molecule has 0 aromatic carbocycles. The quantitative estimate of drug-likeness (QED) is 0.742. The number of hydrogen-bond donors (Lipinski definition) is 1. The first-order chi connectivity index (χ1) is 8.59. The van der Waals surface area contributed by atoms with Crippen molar-refractivity contribution in [2.45, 2.75) is 32.1 Å². The van der Waals surface area contributed by atoms with Gasteiger partial charge in [-0.05, 0) is 65.3 Å². The zero-order chi connectivity index (χ0) is 13.4. The van der Waals surface area contributed by atoms with E-state index in [1.54, 1.807) is 0 Å². The first-order valence-electron chi connectivity index (χ1n) is 7.19. The molecular formula is C14H29N3O. The van der Waals surface area contributed by atoms with Crippen LogP contribution in [-0.2, 0) is 4.79 Å². The molecule has 1 aliphatic rings. The Balaban J connectivity index is 2.10. The van der Waals surface area contributed by atoms with Crippen LogP contribution in [0.3, 0.4) is 0 Å². The molecule has 0 aromatic heterocycles. The highest BCUT2D eigenvalue weighted by atomic mass is 16.2. The SMILES string of the molecule is CN(C)CCCN(C)C(=O)CCC1CCCNC1. The van der Waals surface area contributed by atoms with Crippen LogP contribution in [0.25, 0.3) is 0 Å². The summed E-state index contributed by atoms with van der Waals surface area (Å²) in [7, 11) is 6.06. The highest BCUT2D eigenvalue weighted by Crippen LogP contribution is 2.16. The second-order valence-corrected chi connectivity index (χ2v) is 5.72. The number of hydrogen-bond acceptors (Lipinski definition) is 3. The Kier molecular flexibility index (Phi) is 7.28. The van der Waals surface area contributed by atoms with Crippen LogP contribution in [0.1, 0.15) is 32.1 Å². The Morgan fingerprint density at radius 1 is 1.28 bits per heavy atom. The molecule has 0 spiro atoms. The minimum Gasteiger partial charge on any atom is -0.346 e. The Labute approximate surface area is 112 Å². The monoisotopic (exact) mass is 255 g/mol. The molecule has 1 fully saturated rings. The number of piperidine rings is 1. The molecule has 0 aliphatic carbocycles. The van der Waals surface area contributed by atoms with Crippen LogP contribution in [0, 0.1) is 5.92 Å². The molecule has 0 bridgehead atoms. The lowest BCUT2D eigenvalue weighted by Gasteiger charge is -2.24. The summed E-state index contributed by atoms with van der Waals surface area (Å²) in [5.74, 6) is 1.01. The molecule has 1 amide bonds. The summed E-state index contributed by atoms with van der Waals surface area (Å²) in [6.07, 6.45) is 5.36. The molecule has 1 saturated heterocycles. The molecule has 106 valence electrons. The molecule has 1 aliphatic heterocycles. The lowest BCUT2D eigenvalue weighted by atomic mass is 9.94. The molecular weight excluding hydrogens is 226 g/mol. The van der Waals surface area contributed by atoms with Gasteiger partial charge in [0, 0.05) is 20.0 Å². The maximum Gasteiger partial charge on any atom is 0.222 e. The minimum absolute atomic E-state index is 0.305. The van der Waals surface area contributed by atoms with Crippen LogP contribution in [0.4, 0.5) is 0 Å². The van der Waals surface area contributed by atoms with Crippen LogP contribution < -0.4 is 5.32 Å². The zero-order valence-corrected chi connectivity index (χ0v) is 12.2. The van der Waals surface area contributed by atoms with E-state index in [0.717, 1.165) is 39.0 Å². The minimum atomic E-state index is 0.305. The number of carbonyl (C=O) groups excluding carboxylic acids is 1. The van der Waals surface area contributed by atoms with Gasteiger partial charge in [-0.25, -0.2) is 0 Å². The summed E-state index contributed by atoms with van der Waals surface area (Å²) in [5, 5.41) is 3.40. The predicted octanol–water partition coefficient (Wildman–Crippen LogP) is 1.18. The fourth-order valence-electron chi connectivity index (χ4n) is 2.44. The predicted molar refractivity (Wildman–Crippen MR) is 75.6 cm³/mol. The number of amides is 1. The normalized spacial score (nSPS) is 20.1. The van der Waals surface area contributed by atoms with E-state index in [-0.39, 0.29) is 0 Å². The highest BCUT2D eigenvalue weighted by Gasteiger charge is 2.16. The summed E-state index contributed by atoms with van der Waals surface area (Å²) in [5.41, 5.74) is 0. The molecule has 18 heavy (non-hydrogen) atoms. The van der Waals surface area contributed by atoms with Crippen molar-refractivity contribution in [3.63, 3.8) is 0 Å². The van der Waals surface area contributed by atoms with Crippen molar-refractivity contribution >= 4 is 5.91 Å². The van der Waals surface area contributed by atoms with Crippen molar-refractivity contribution in [1.29, 1.82) is 0 Å². The summed E-state index contributed by atoms with van der Waals surface area (Å²) in [6.45, 7) is 4.16. The third-order valence-corrected chi connectivity index (χ3v) is 3.69. The summed E-state index contributed by atoms with van der Waals surface area (Å²) in [4.78, 5) is 16.0. The van der Waals surface area contributed by atoms with Gasteiger partial charge in [0.25, 0.3) is 0 Å². The number of nitrogens with zero attached hydrogens (tertiary/aromatic N) is 2. The third-order valence-electron chi connectivity index (χ3n) is 3.69. The molecule has 0 saturated carbocycles. The zero-order valence-electron chi connectivity index (χ0n) is 12.2. The molecule has 0 radical (unpaired) electrons. The number of carbonyl (C=O) groups is 1. The summed E-state index contributed by atoms with van der Waals surface area (Å²) in [6, 6.07) is 0. The average Bonchev–Trinajstić information content (AvgIpc) is 2.36. The molecule has 1 heterocycles. The highest BCUT2D eigenvalue weighted by molar-refractivity contribution is 5.75. The second-order valence-electron chi connectivity index (χ2n) is 5.72. The van der Waals surface area contributed by atoms with E-state index in [9.17, 15) is 4.79 Å². The van der Waals surface area contributed by atoms with Gasteiger partial charge in [0.2, 0.25) is 5.91 Å². The van der Waals surface area contributed by atoms with Gasteiger partial charge in [-0.3, -0.25) is 4.79 Å². The molecule has 1 atom stereocenters. The van der Waals surface area contributed by atoms with Gasteiger partial charge in [0.05, 0.1) is 0 Å². The van der Waals surface area contributed by atoms with Gasteiger partial charge < -0.3 is 15.1 Å². The van der Waals surface area contributed by atoms with E-state index in [0.29, 0.717) is 18.2 Å². The fourth-order valence-corrected chi connectivity index (χ4v) is 2.44. The Morgan fingerprint density at radius 3 is 2.67 bits per heavy atom. The molecule has 1 rings (SSSR count). The topological polar surface area (TPSA) is 35.6 Å². The maximum atomic E-state index is 12.0. The lowest BCUT2D eigenvalue weighted by molar-refractivity contribution is -0.130. The first kappa shape index (κ1) is 15.4. The van der Waals surface area contributed by atoms with E-state index < -0.39 is 0 Å². The molecule has 0 aromatic rings. The van der Waals surface area contributed by atoms with Gasteiger partial charge >= 0.3 is 0 Å². The van der Waals surface area contributed by atoms with Gasteiger partial charge in [-0.1, -0.05) is 0 Å². The van der Waals surface area contributed by atoms with Crippen molar-refractivity contribution < 1.29 is 4.79 Å². The van der Waals surface area contributed by atoms with Crippen molar-refractivity contribution in [1.82, 2.24) is 15.1 Å². The Morgan fingerprint density at radius 2 is 2.06 bits per heavy atom. The number of rotatable bonds is 7. The number of nitrogens with one attached hydrogen (secondary N) is 1. The van der Waals surface area contributed by atoms with Crippen LogP contribution in [0.15, 0.2) is 0 Å². The Hall–Kier alpha value is -0.610. The lowest BCUT2D eigenvalue weighted by Crippen LogP contribution is -2.32. The standard InChI is InChI=1S/C14H29N3O/c1-16(2)10-5-11-17(3)14(18)8-7-13-6-4-9-15-12-13/h13,15H,4-12H2,1-3H3. The van der Waals surface area contributed by atoms with Crippen LogP contribution in [0.5, 0.6) is 0 Å². The molecule has 4 heteroatoms. The van der Waals surface area contributed by atoms with Crippen molar-refractivity contribution in [2.24, 2.45) is 5.92 Å². The van der Waals surface area contributed by atoms with Crippen LogP contribution in [0.2, 0.25) is 0 Å². The molecule has 1 N–H and O–H groups in total. The second kappa shape index (κ2) is 8.48. The summed E-state index contributed by atoms with van der Waals surface area (Å²) >= 11 is 0. The van der Waals surface area contributed by atoms with Gasteiger partial charge in [-0.15, -0.1) is 0 Å². The van der Waals surface area contributed by atoms with E-state index in [2.05, 4.69) is 24.3 Å². The van der Waals surface area contributed by atoms with Gasteiger partial charge in [-0.2, -0.15) is 0 Å². The van der Waals surface area contributed by atoms with Gasteiger partial charge in [0.1, 0.15) is 0 Å². The third kappa shape index (κ3) is 6.36. The van der Waals surface area contributed by atoms with Crippen molar-refractivity contribution in [2.75, 3.05) is 47.3 Å². The first-order valence-corrected chi connectivity index (χ1v) is 7.19. The van der Waals surface area contributed by atoms with E-state index >= 15 is 0 Å². The largest absolute Gasteiger partial charge is 0.346 e. The summed E-state index contributed by atoms with van der Waals surface area (Å²) < 4.78 is 0.